The van der Waals surface area contributed by atoms with Crippen LogP contribution in [-0.4, -0.2) is 5.54 Å². The van der Waals surface area contributed by atoms with Gasteiger partial charge < -0.3 is 10.1 Å². The van der Waals surface area contributed by atoms with Crippen molar-refractivity contribution in [2.45, 2.75) is 59.7 Å². The molecule has 2 nitrogen and oxygen atoms in total. The van der Waals surface area contributed by atoms with Gasteiger partial charge >= 0.3 is 0 Å². The minimum atomic E-state index is 0.104. The molecule has 0 aliphatic carbocycles. The van der Waals surface area contributed by atoms with E-state index in [1.54, 1.807) is 0 Å². The Hall–Kier alpha value is -1.32. The summed E-state index contributed by atoms with van der Waals surface area (Å²) in [6.45, 7) is 12.8. The van der Waals surface area contributed by atoms with E-state index >= 15 is 0 Å². The van der Waals surface area contributed by atoms with Crippen LogP contribution in [0, 0.1) is 5.41 Å². The lowest BCUT2D eigenvalue weighted by Crippen LogP contribution is -2.41. The van der Waals surface area contributed by atoms with Crippen molar-refractivity contribution in [3.05, 3.63) is 64.1 Å². The van der Waals surface area contributed by atoms with Crippen LogP contribution < -0.4 is 10.1 Å². The highest BCUT2D eigenvalue weighted by Gasteiger charge is 2.24. The zero-order valence-electron chi connectivity index (χ0n) is 16.0. The van der Waals surface area contributed by atoms with Crippen molar-refractivity contribution in [1.82, 2.24) is 5.32 Å². The van der Waals surface area contributed by atoms with E-state index in [0.717, 1.165) is 23.2 Å². The molecule has 0 bridgehead atoms. The molecule has 0 heterocycles. The van der Waals surface area contributed by atoms with Gasteiger partial charge in [-0.1, -0.05) is 57.2 Å². The lowest BCUT2D eigenvalue weighted by atomic mass is 9.82. The third-order valence-corrected chi connectivity index (χ3v) is 4.60. The van der Waals surface area contributed by atoms with E-state index in [2.05, 4.69) is 80.1 Å². The first-order valence-corrected chi connectivity index (χ1v) is 9.64. The van der Waals surface area contributed by atoms with Crippen LogP contribution in [0.25, 0.3) is 0 Å². The van der Waals surface area contributed by atoms with Gasteiger partial charge in [0.05, 0.1) is 4.47 Å². The van der Waals surface area contributed by atoms with Crippen molar-refractivity contribution in [3.63, 3.8) is 0 Å². The standard InChI is InChI=1S/C22H30BrNO/c1-21(2,3)16-22(4,5)24-14-18-11-12-20(19(23)13-18)25-15-17-9-7-6-8-10-17/h6-13,24H,14-16H2,1-5H3. The molecule has 0 saturated heterocycles. The third-order valence-electron chi connectivity index (χ3n) is 3.98. The topological polar surface area (TPSA) is 21.3 Å². The maximum absolute atomic E-state index is 5.92. The highest BCUT2D eigenvalue weighted by atomic mass is 79.9. The van der Waals surface area contributed by atoms with E-state index in [1.165, 1.54) is 11.1 Å². The fourth-order valence-corrected chi connectivity index (χ4v) is 3.78. The lowest BCUT2D eigenvalue weighted by molar-refractivity contribution is 0.240. The summed E-state index contributed by atoms with van der Waals surface area (Å²) >= 11 is 3.64. The predicted octanol–water partition coefficient (Wildman–Crippen LogP) is 6.33. The van der Waals surface area contributed by atoms with Gasteiger partial charge in [0.2, 0.25) is 0 Å². The van der Waals surface area contributed by atoms with Gasteiger partial charge in [0.25, 0.3) is 0 Å². The smallest absolute Gasteiger partial charge is 0.134 e. The maximum atomic E-state index is 5.92. The molecule has 0 unspecified atom stereocenters. The Kier molecular flexibility index (Phi) is 6.70. The predicted molar refractivity (Wildman–Crippen MR) is 110 cm³/mol. The van der Waals surface area contributed by atoms with Crippen LogP contribution in [0.2, 0.25) is 0 Å². The van der Waals surface area contributed by atoms with Crippen LogP contribution in [0.4, 0.5) is 0 Å². The summed E-state index contributed by atoms with van der Waals surface area (Å²) in [6.07, 6.45) is 1.12. The van der Waals surface area contributed by atoms with E-state index in [1.807, 2.05) is 24.3 Å². The van der Waals surface area contributed by atoms with Crippen LogP contribution in [0.3, 0.4) is 0 Å². The van der Waals surface area contributed by atoms with Gasteiger partial charge in [-0.3, -0.25) is 0 Å². The fourth-order valence-electron chi connectivity index (χ4n) is 3.24. The number of hydrogen-bond acceptors (Lipinski definition) is 2. The van der Waals surface area contributed by atoms with Crippen molar-refractivity contribution < 1.29 is 4.74 Å². The second-order valence-corrected chi connectivity index (χ2v) is 9.37. The van der Waals surface area contributed by atoms with Crippen LogP contribution >= 0.6 is 15.9 Å². The Bertz CT molecular complexity index is 674. The first-order valence-electron chi connectivity index (χ1n) is 8.85. The summed E-state index contributed by atoms with van der Waals surface area (Å²) in [5.74, 6) is 0.876. The summed E-state index contributed by atoms with van der Waals surface area (Å²) in [7, 11) is 0. The van der Waals surface area contributed by atoms with Crippen LogP contribution in [0.15, 0.2) is 53.0 Å². The largest absolute Gasteiger partial charge is 0.488 e. The molecule has 2 aromatic carbocycles. The molecule has 0 saturated carbocycles. The Balaban J connectivity index is 1.92. The molecule has 0 aliphatic rings. The molecule has 0 aliphatic heterocycles. The molecule has 1 N–H and O–H groups in total. The van der Waals surface area contributed by atoms with Gasteiger partial charge in [-0.25, -0.2) is 0 Å². The third kappa shape index (κ3) is 7.21. The average Bonchev–Trinajstić information content (AvgIpc) is 2.51. The second-order valence-electron chi connectivity index (χ2n) is 8.51. The zero-order valence-corrected chi connectivity index (χ0v) is 17.6. The lowest BCUT2D eigenvalue weighted by Gasteiger charge is -2.33. The summed E-state index contributed by atoms with van der Waals surface area (Å²) in [5.41, 5.74) is 2.84. The molecule has 0 radical (unpaired) electrons. The zero-order chi connectivity index (χ0) is 18.5. The van der Waals surface area contributed by atoms with Crippen molar-refractivity contribution in [1.29, 1.82) is 0 Å². The monoisotopic (exact) mass is 403 g/mol. The van der Waals surface area contributed by atoms with Crippen LogP contribution in [-0.2, 0) is 13.2 Å². The fraction of sp³-hybridized carbons (Fsp3) is 0.455. The van der Waals surface area contributed by atoms with Crippen molar-refractivity contribution in [2.24, 2.45) is 5.41 Å². The summed E-state index contributed by atoms with van der Waals surface area (Å²) in [4.78, 5) is 0. The normalized spacial score (nSPS) is 12.2. The number of rotatable bonds is 7. The molecule has 3 heteroatoms. The molecule has 25 heavy (non-hydrogen) atoms. The van der Waals surface area contributed by atoms with Crippen molar-refractivity contribution in [2.75, 3.05) is 0 Å². The Morgan fingerprint density at radius 3 is 2.20 bits per heavy atom. The summed E-state index contributed by atoms with van der Waals surface area (Å²) in [6, 6.07) is 16.5. The molecule has 0 amide bonds. The Morgan fingerprint density at radius 2 is 1.60 bits per heavy atom. The number of ether oxygens (including phenoxy) is 1. The average molecular weight is 404 g/mol. The molecule has 0 atom stereocenters. The van der Waals surface area contributed by atoms with Crippen LogP contribution in [0.1, 0.15) is 52.2 Å². The highest BCUT2D eigenvalue weighted by molar-refractivity contribution is 9.10. The molecular weight excluding hydrogens is 374 g/mol. The molecule has 0 spiro atoms. The highest BCUT2D eigenvalue weighted by Crippen LogP contribution is 2.29. The van der Waals surface area contributed by atoms with Crippen molar-refractivity contribution >= 4 is 15.9 Å². The van der Waals surface area contributed by atoms with Crippen molar-refractivity contribution in [3.8, 4) is 5.75 Å². The van der Waals surface area contributed by atoms with Gasteiger partial charge in [0, 0.05) is 12.1 Å². The number of halogens is 1. The summed E-state index contributed by atoms with van der Waals surface area (Å²) < 4.78 is 6.92. The SMILES string of the molecule is CC(C)(C)CC(C)(C)NCc1ccc(OCc2ccccc2)c(Br)c1. The molecule has 0 fully saturated rings. The molecule has 2 rings (SSSR count). The van der Waals surface area contributed by atoms with Gasteiger partial charge in [0.15, 0.2) is 0 Å². The second kappa shape index (κ2) is 8.37. The number of hydrogen-bond donors (Lipinski definition) is 1. The Morgan fingerprint density at radius 1 is 0.920 bits per heavy atom. The van der Waals surface area contributed by atoms with Gasteiger partial charge in [-0.05, 0) is 64.9 Å². The minimum absolute atomic E-state index is 0.104. The van der Waals surface area contributed by atoms with Gasteiger partial charge in [0.1, 0.15) is 12.4 Å². The van der Waals surface area contributed by atoms with Gasteiger partial charge in [-0.15, -0.1) is 0 Å². The molecule has 2 aromatic rings. The Labute approximate surface area is 161 Å². The van der Waals surface area contributed by atoms with E-state index in [9.17, 15) is 0 Å². The quantitative estimate of drug-likeness (QED) is 0.582. The maximum Gasteiger partial charge on any atom is 0.134 e. The van der Waals surface area contributed by atoms with Crippen LogP contribution in [0.5, 0.6) is 5.75 Å². The first kappa shape index (κ1) is 20.0. The molecule has 0 aromatic heterocycles. The van der Waals surface area contributed by atoms with Gasteiger partial charge in [-0.2, -0.15) is 0 Å². The van der Waals surface area contributed by atoms with E-state index in [4.69, 9.17) is 4.74 Å². The van der Waals surface area contributed by atoms with E-state index < -0.39 is 0 Å². The van der Waals surface area contributed by atoms with E-state index in [-0.39, 0.29) is 5.54 Å². The first-order chi connectivity index (χ1) is 11.6. The molecule has 136 valence electrons. The minimum Gasteiger partial charge on any atom is -0.488 e. The summed E-state index contributed by atoms with van der Waals surface area (Å²) in [5, 5.41) is 3.67. The number of benzene rings is 2. The molecular formula is C22H30BrNO. The van der Waals surface area contributed by atoms with E-state index in [0.29, 0.717) is 12.0 Å². The number of nitrogens with one attached hydrogen (secondary N) is 1.